The summed E-state index contributed by atoms with van der Waals surface area (Å²) in [6.07, 6.45) is 0.873. The molecule has 2 amide bonds. The third-order valence-electron chi connectivity index (χ3n) is 5.11. The molecule has 0 unspecified atom stereocenters. The number of anilines is 1. The van der Waals surface area contributed by atoms with Crippen LogP contribution in [0.2, 0.25) is 0 Å². The smallest absolute Gasteiger partial charge is 0.243 e. The molecule has 1 aliphatic heterocycles. The summed E-state index contributed by atoms with van der Waals surface area (Å²) in [6.45, 7) is 4.90. The first kappa shape index (κ1) is 22.3. The van der Waals surface area contributed by atoms with Crippen LogP contribution in [-0.4, -0.2) is 49.3 Å². The SMILES string of the molecule is Cc1ccc(C)c(NC(=O)CN(C)C(=O)CCC(=O)c2ccc3c(c2)OCCCO3)c1. The molecule has 1 aliphatic rings. The molecule has 0 saturated heterocycles. The minimum atomic E-state index is -0.279. The Morgan fingerprint density at radius 3 is 2.48 bits per heavy atom. The lowest BCUT2D eigenvalue weighted by molar-refractivity contribution is -0.133. The lowest BCUT2D eigenvalue weighted by Crippen LogP contribution is -2.35. The van der Waals surface area contributed by atoms with Gasteiger partial charge in [-0.15, -0.1) is 0 Å². The number of likely N-dealkylation sites (N-methyl/N-ethyl adjacent to an activating group) is 1. The van der Waals surface area contributed by atoms with Gasteiger partial charge in [-0.2, -0.15) is 0 Å². The normalized spacial score (nSPS) is 12.6. The van der Waals surface area contributed by atoms with E-state index in [2.05, 4.69) is 5.32 Å². The largest absolute Gasteiger partial charge is 0.490 e. The molecule has 0 aliphatic carbocycles. The van der Waals surface area contributed by atoms with E-state index in [9.17, 15) is 14.4 Å². The van der Waals surface area contributed by atoms with E-state index in [0.29, 0.717) is 30.3 Å². The number of carbonyl (C=O) groups excluding carboxylic acids is 3. The average Bonchev–Trinajstić information content (AvgIpc) is 2.99. The minimum absolute atomic E-state index is 0.0283. The van der Waals surface area contributed by atoms with Gasteiger partial charge < -0.3 is 19.7 Å². The molecule has 2 aromatic carbocycles. The first-order valence-electron chi connectivity index (χ1n) is 10.4. The highest BCUT2D eigenvalue weighted by Gasteiger charge is 2.18. The Kier molecular flexibility index (Phi) is 7.28. The predicted molar refractivity (Wildman–Crippen MR) is 118 cm³/mol. The number of benzene rings is 2. The molecule has 7 heteroatoms. The van der Waals surface area contributed by atoms with Crippen molar-refractivity contribution in [1.29, 1.82) is 0 Å². The van der Waals surface area contributed by atoms with Crippen molar-refractivity contribution in [1.82, 2.24) is 4.90 Å². The second kappa shape index (κ2) is 10.1. The lowest BCUT2D eigenvalue weighted by Gasteiger charge is -2.17. The third-order valence-corrected chi connectivity index (χ3v) is 5.11. The van der Waals surface area contributed by atoms with Gasteiger partial charge in [0, 0.05) is 37.6 Å². The Morgan fingerprint density at radius 1 is 0.968 bits per heavy atom. The molecule has 31 heavy (non-hydrogen) atoms. The number of nitrogens with zero attached hydrogens (tertiary/aromatic N) is 1. The van der Waals surface area contributed by atoms with Crippen molar-refractivity contribution in [2.24, 2.45) is 0 Å². The number of nitrogens with one attached hydrogen (secondary N) is 1. The van der Waals surface area contributed by atoms with Crippen LogP contribution in [0.15, 0.2) is 36.4 Å². The highest BCUT2D eigenvalue weighted by Crippen LogP contribution is 2.30. The molecular formula is C24H28N2O5. The first-order valence-corrected chi connectivity index (χ1v) is 10.4. The van der Waals surface area contributed by atoms with Crippen LogP contribution in [0.4, 0.5) is 5.69 Å². The van der Waals surface area contributed by atoms with Gasteiger partial charge in [-0.3, -0.25) is 14.4 Å². The van der Waals surface area contributed by atoms with Crippen molar-refractivity contribution in [3.63, 3.8) is 0 Å². The second-order valence-corrected chi connectivity index (χ2v) is 7.75. The summed E-state index contributed by atoms with van der Waals surface area (Å²) >= 11 is 0. The van der Waals surface area contributed by atoms with E-state index in [1.807, 2.05) is 32.0 Å². The van der Waals surface area contributed by atoms with Crippen molar-refractivity contribution >= 4 is 23.3 Å². The summed E-state index contributed by atoms with van der Waals surface area (Å²) in [4.78, 5) is 38.6. The molecule has 0 fully saturated rings. The van der Waals surface area contributed by atoms with Crippen molar-refractivity contribution < 1.29 is 23.9 Å². The quantitative estimate of drug-likeness (QED) is 0.688. The zero-order chi connectivity index (χ0) is 22.4. The number of hydrogen-bond donors (Lipinski definition) is 1. The van der Waals surface area contributed by atoms with Crippen LogP contribution in [-0.2, 0) is 9.59 Å². The summed E-state index contributed by atoms with van der Waals surface area (Å²) in [5.74, 6) is 0.476. The number of rotatable bonds is 7. The van der Waals surface area contributed by atoms with Gasteiger partial charge in [0.25, 0.3) is 0 Å². The number of hydrogen-bond acceptors (Lipinski definition) is 5. The van der Waals surface area contributed by atoms with E-state index in [0.717, 1.165) is 23.2 Å². The molecule has 7 nitrogen and oxygen atoms in total. The van der Waals surface area contributed by atoms with Crippen molar-refractivity contribution in [3.8, 4) is 11.5 Å². The average molecular weight is 424 g/mol. The van der Waals surface area contributed by atoms with Crippen molar-refractivity contribution in [3.05, 3.63) is 53.1 Å². The van der Waals surface area contributed by atoms with Crippen molar-refractivity contribution in [2.75, 3.05) is 32.1 Å². The van der Waals surface area contributed by atoms with Gasteiger partial charge in [-0.1, -0.05) is 12.1 Å². The number of carbonyl (C=O) groups is 3. The van der Waals surface area contributed by atoms with Gasteiger partial charge in [0.05, 0.1) is 19.8 Å². The molecule has 0 bridgehead atoms. The van der Waals surface area contributed by atoms with Gasteiger partial charge in [0.1, 0.15) is 0 Å². The number of aryl methyl sites for hydroxylation is 2. The molecule has 0 aromatic heterocycles. The van der Waals surface area contributed by atoms with Crippen LogP contribution < -0.4 is 14.8 Å². The van der Waals surface area contributed by atoms with E-state index >= 15 is 0 Å². The van der Waals surface area contributed by atoms with E-state index in [1.54, 1.807) is 25.2 Å². The molecule has 0 radical (unpaired) electrons. The molecule has 1 N–H and O–H groups in total. The molecule has 3 rings (SSSR count). The topological polar surface area (TPSA) is 84.9 Å². The number of amides is 2. The van der Waals surface area contributed by atoms with Crippen LogP contribution in [0.5, 0.6) is 11.5 Å². The molecule has 164 valence electrons. The summed E-state index contributed by atoms with van der Waals surface area (Å²) in [5.41, 5.74) is 3.20. The van der Waals surface area contributed by atoms with E-state index in [4.69, 9.17) is 9.47 Å². The maximum atomic E-state index is 12.5. The van der Waals surface area contributed by atoms with Gasteiger partial charge in [0.2, 0.25) is 11.8 Å². The molecule has 2 aromatic rings. The fourth-order valence-corrected chi connectivity index (χ4v) is 3.26. The fraction of sp³-hybridized carbons (Fsp3) is 0.375. The van der Waals surface area contributed by atoms with Gasteiger partial charge in [-0.25, -0.2) is 0 Å². The Labute approximate surface area is 182 Å². The molecule has 0 atom stereocenters. The van der Waals surface area contributed by atoms with Crippen LogP contribution in [0, 0.1) is 13.8 Å². The molecule has 0 spiro atoms. The Morgan fingerprint density at radius 2 is 1.71 bits per heavy atom. The van der Waals surface area contributed by atoms with E-state index in [-0.39, 0.29) is 37.0 Å². The predicted octanol–water partition coefficient (Wildman–Crippen LogP) is 3.52. The summed E-state index contributed by atoms with van der Waals surface area (Å²) in [7, 11) is 1.56. The second-order valence-electron chi connectivity index (χ2n) is 7.75. The molecule has 0 saturated carbocycles. The lowest BCUT2D eigenvalue weighted by atomic mass is 10.1. The first-order chi connectivity index (χ1) is 14.8. The Hall–Kier alpha value is -3.35. The van der Waals surface area contributed by atoms with Gasteiger partial charge >= 0.3 is 0 Å². The van der Waals surface area contributed by atoms with Crippen LogP contribution in [0.1, 0.15) is 40.7 Å². The zero-order valence-electron chi connectivity index (χ0n) is 18.2. The van der Waals surface area contributed by atoms with Crippen molar-refractivity contribution in [2.45, 2.75) is 33.1 Å². The van der Waals surface area contributed by atoms with E-state index in [1.165, 1.54) is 4.90 Å². The van der Waals surface area contributed by atoms with Crippen LogP contribution >= 0.6 is 0 Å². The Bertz CT molecular complexity index is 986. The summed E-state index contributed by atoms with van der Waals surface area (Å²) in [5, 5.41) is 2.84. The number of ether oxygens (including phenoxy) is 2. The highest BCUT2D eigenvalue weighted by molar-refractivity contribution is 5.99. The monoisotopic (exact) mass is 424 g/mol. The van der Waals surface area contributed by atoms with Gasteiger partial charge in [0.15, 0.2) is 17.3 Å². The molecular weight excluding hydrogens is 396 g/mol. The maximum Gasteiger partial charge on any atom is 0.243 e. The molecule has 1 heterocycles. The van der Waals surface area contributed by atoms with Crippen LogP contribution in [0.25, 0.3) is 0 Å². The third kappa shape index (κ3) is 6.07. The highest BCUT2D eigenvalue weighted by atomic mass is 16.5. The summed E-state index contributed by atoms with van der Waals surface area (Å²) < 4.78 is 11.2. The standard InChI is InChI=1S/C24H28N2O5/c1-16-5-6-17(2)19(13-16)25-23(28)15-26(3)24(29)10-8-20(27)18-7-9-21-22(14-18)31-12-4-11-30-21/h5-7,9,13-14H,4,8,10-12,15H2,1-3H3,(H,25,28). The van der Waals surface area contributed by atoms with Gasteiger partial charge in [-0.05, 0) is 49.2 Å². The fourth-order valence-electron chi connectivity index (χ4n) is 3.26. The Balaban J connectivity index is 1.50. The number of ketones is 1. The number of fused-ring (bicyclic) bond motifs is 1. The zero-order valence-corrected chi connectivity index (χ0v) is 18.2. The minimum Gasteiger partial charge on any atom is -0.490 e. The van der Waals surface area contributed by atoms with E-state index < -0.39 is 0 Å². The maximum absolute atomic E-state index is 12.5. The van der Waals surface area contributed by atoms with Crippen LogP contribution in [0.3, 0.4) is 0 Å². The summed E-state index contributed by atoms with van der Waals surface area (Å²) in [6, 6.07) is 10.9. The number of Topliss-reactive ketones (excluding diaryl/α,β-unsaturated/α-hetero) is 1.